The summed E-state index contributed by atoms with van der Waals surface area (Å²) in [6.07, 6.45) is 5.93. The Morgan fingerprint density at radius 1 is 1.19 bits per heavy atom. The van der Waals surface area contributed by atoms with Crippen LogP contribution in [0, 0.1) is 12.8 Å². The van der Waals surface area contributed by atoms with Crippen molar-refractivity contribution < 1.29 is 9.21 Å². The van der Waals surface area contributed by atoms with Gasteiger partial charge < -0.3 is 9.32 Å². The Hall–Kier alpha value is -2.36. The van der Waals surface area contributed by atoms with Crippen LogP contribution in [0.15, 0.2) is 45.6 Å². The molecule has 2 aliphatic rings. The Kier molecular flexibility index (Phi) is 4.66. The molecule has 26 heavy (non-hydrogen) atoms. The molecule has 1 aliphatic heterocycles. The molecule has 2 aromatic rings. The van der Waals surface area contributed by atoms with E-state index in [4.69, 9.17) is 4.42 Å². The van der Waals surface area contributed by atoms with Crippen molar-refractivity contribution in [2.45, 2.75) is 51.5 Å². The van der Waals surface area contributed by atoms with E-state index in [2.05, 4.69) is 12.1 Å². The lowest BCUT2D eigenvalue weighted by Gasteiger charge is -2.27. The van der Waals surface area contributed by atoms with Crippen LogP contribution in [-0.4, -0.2) is 23.4 Å². The molecule has 1 aromatic heterocycles. The number of rotatable bonds is 5. The van der Waals surface area contributed by atoms with Gasteiger partial charge in [0.1, 0.15) is 11.3 Å². The predicted octanol–water partition coefficient (Wildman–Crippen LogP) is 3.75. The number of carbonyl (C=O) groups is 1. The number of fused-ring (bicyclic) bond motifs is 2. The molecule has 1 saturated heterocycles. The van der Waals surface area contributed by atoms with Gasteiger partial charge in [-0.25, -0.2) is 4.79 Å². The molecule has 0 unspecified atom stereocenters. The topological polar surface area (TPSA) is 50.5 Å². The Labute approximate surface area is 153 Å². The van der Waals surface area contributed by atoms with Crippen LogP contribution in [0.4, 0.5) is 0 Å². The number of benzene rings is 1. The molecule has 1 saturated carbocycles. The molecule has 2 atom stereocenters. The van der Waals surface area contributed by atoms with Crippen molar-refractivity contribution >= 4 is 5.91 Å². The molecule has 0 radical (unpaired) electrons. The molecule has 2 bridgehead atoms. The van der Waals surface area contributed by atoms with E-state index in [1.54, 1.807) is 0 Å². The first kappa shape index (κ1) is 17.1. The van der Waals surface area contributed by atoms with Crippen LogP contribution in [0.25, 0.3) is 0 Å². The average molecular weight is 351 g/mol. The number of nitrogens with zero attached hydrogens (tertiary/aromatic N) is 1. The van der Waals surface area contributed by atoms with Crippen molar-refractivity contribution in [1.29, 1.82) is 0 Å². The third kappa shape index (κ3) is 3.33. The van der Waals surface area contributed by atoms with Crippen molar-refractivity contribution in [2.75, 3.05) is 6.54 Å². The highest BCUT2D eigenvalue weighted by Gasteiger charge is 2.41. The number of piperidine rings is 1. The lowest BCUT2D eigenvalue weighted by Crippen LogP contribution is -2.40. The Bertz CT molecular complexity index is 855. The van der Waals surface area contributed by atoms with E-state index < -0.39 is 5.63 Å². The van der Waals surface area contributed by atoms with Gasteiger partial charge in [-0.05, 0) is 62.1 Å². The van der Waals surface area contributed by atoms with Gasteiger partial charge in [-0.2, -0.15) is 0 Å². The minimum absolute atomic E-state index is 0.140. The van der Waals surface area contributed by atoms with Crippen molar-refractivity contribution in [3.8, 4) is 0 Å². The summed E-state index contributed by atoms with van der Waals surface area (Å²) in [7, 11) is 0. The SMILES string of the molecule is Cc1cc(CCCc2ccccc2)oc(=O)c1C(=O)N1C[C@H]2CC[C@H]1C2. The quantitative estimate of drug-likeness (QED) is 0.824. The zero-order valence-electron chi connectivity index (χ0n) is 15.2. The normalized spacial score (nSPS) is 21.3. The van der Waals surface area contributed by atoms with E-state index in [1.807, 2.05) is 36.1 Å². The summed E-state index contributed by atoms with van der Waals surface area (Å²) in [6, 6.07) is 12.5. The van der Waals surface area contributed by atoms with Crippen LogP contribution >= 0.6 is 0 Å². The molecule has 0 N–H and O–H groups in total. The second-order valence-electron chi connectivity index (χ2n) is 7.69. The zero-order chi connectivity index (χ0) is 18.1. The van der Waals surface area contributed by atoms with Gasteiger partial charge in [0.2, 0.25) is 0 Å². The van der Waals surface area contributed by atoms with Gasteiger partial charge in [0, 0.05) is 19.0 Å². The molecule has 1 aliphatic carbocycles. The molecule has 2 fully saturated rings. The van der Waals surface area contributed by atoms with Crippen molar-refractivity contribution in [1.82, 2.24) is 4.90 Å². The first-order valence-corrected chi connectivity index (χ1v) is 9.60. The van der Waals surface area contributed by atoms with Crippen LogP contribution in [0.5, 0.6) is 0 Å². The molecule has 0 spiro atoms. The first-order chi connectivity index (χ1) is 12.6. The number of amides is 1. The molecule has 136 valence electrons. The predicted molar refractivity (Wildman–Crippen MR) is 100 cm³/mol. The summed E-state index contributed by atoms with van der Waals surface area (Å²) in [4.78, 5) is 27.2. The third-order valence-corrected chi connectivity index (χ3v) is 5.82. The lowest BCUT2D eigenvalue weighted by molar-refractivity contribution is 0.0697. The number of hydrogen-bond donors (Lipinski definition) is 0. The van der Waals surface area contributed by atoms with Crippen LogP contribution in [0.3, 0.4) is 0 Å². The maximum atomic E-state index is 12.9. The van der Waals surface area contributed by atoms with Gasteiger partial charge in [-0.15, -0.1) is 0 Å². The van der Waals surface area contributed by atoms with Gasteiger partial charge in [-0.1, -0.05) is 30.3 Å². The van der Waals surface area contributed by atoms with Gasteiger partial charge in [0.05, 0.1) is 0 Å². The van der Waals surface area contributed by atoms with Crippen LogP contribution in [0.1, 0.15) is 52.9 Å². The monoisotopic (exact) mass is 351 g/mol. The number of carbonyl (C=O) groups excluding carboxylic acids is 1. The minimum Gasteiger partial charge on any atom is -0.427 e. The van der Waals surface area contributed by atoms with E-state index in [9.17, 15) is 9.59 Å². The summed E-state index contributed by atoms with van der Waals surface area (Å²) in [5.41, 5.74) is 1.77. The molecule has 4 heteroatoms. The van der Waals surface area contributed by atoms with Crippen LogP contribution in [0.2, 0.25) is 0 Å². The standard InChI is InChI=1S/C22H25NO3/c1-15-12-19(9-5-8-16-6-3-2-4-7-16)26-22(25)20(15)21(24)23-14-17-10-11-18(23)13-17/h2-4,6-7,12,17-18H,5,8-11,13-14H2,1H3/t17-,18-/m0/s1. The second kappa shape index (κ2) is 7.10. The van der Waals surface area contributed by atoms with E-state index >= 15 is 0 Å². The number of hydrogen-bond acceptors (Lipinski definition) is 3. The molecule has 4 nitrogen and oxygen atoms in total. The van der Waals surface area contributed by atoms with Gasteiger partial charge in [0.25, 0.3) is 5.91 Å². The van der Waals surface area contributed by atoms with Crippen molar-refractivity contribution in [2.24, 2.45) is 5.92 Å². The van der Waals surface area contributed by atoms with Gasteiger partial charge in [0.15, 0.2) is 0 Å². The van der Waals surface area contributed by atoms with Crippen molar-refractivity contribution in [3.63, 3.8) is 0 Å². The molecular weight excluding hydrogens is 326 g/mol. The first-order valence-electron chi connectivity index (χ1n) is 9.60. The maximum absolute atomic E-state index is 12.9. The van der Waals surface area contributed by atoms with Crippen LogP contribution in [-0.2, 0) is 12.8 Å². The fraction of sp³-hybridized carbons (Fsp3) is 0.455. The lowest BCUT2D eigenvalue weighted by atomic mass is 10.0. The Balaban J connectivity index is 1.45. The van der Waals surface area contributed by atoms with Gasteiger partial charge >= 0.3 is 5.63 Å². The van der Waals surface area contributed by atoms with Crippen LogP contribution < -0.4 is 5.63 Å². The summed E-state index contributed by atoms with van der Waals surface area (Å²) in [6.45, 7) is 2.64. The minimum atomic E-state index is -0.479. The fourth-order valence-electron chi connectivity index (χ4n) is 4.48. The summed E-state index contributed by atoms with van der Waals surface area (Å²) in [5, 5.41) is 0. The average Bonchev–Trinajstić information content (AvgIpc) is 3.25. The second-order valence-corrected chi connectivity index (χ2v) is 7.69. The third-order valence-electron chi connectivity index (χ3n) is 5.82. The molecule has 1 amide bonds. The summed E-state index contributed by atoms with van der Waals surface area (Å²) >= 11 is 0. The zero-order valence-corrected chi connectivity index (χ0v) is 15.2. The Morgan fingerprint density at radius 2 is 2.00 bits per heavy atom. The fourth-order valence-corrected chi connectivity index (χ4v) is 4.48. The largest absolute Gasteiger partial charge is 0.427 e. The Morgan fingerprint density at radius 3 is 2.65 bits per heavy atom. The molecule has 2 heterocycles. The van der Waals surface area contributed by atoms with E-state index in [0.29, 0.717) is 24.1 Å². The highest BCUT2D eigenvalue weighted by atomic mass is 16.4. The number of aryl methyl sites for hydroxylation is 3. The molecular formula is C22H25NO3. The van der Waals surface area contributed by atoms with E-state index in [1.165, 1.54) is 12.0 Å². The summed E-state index contributed by atoms with van der Waals surface area (Å²) in [5.74, 6) is 1.15. The maximum Gasteiger partial charge on any atom is 0.349 e. The van der Waals surface area contributed by atoms with E-state index in [-0.39, 0.29) is 11.5 Å². The highest BCUT2D eigenvalue weighted by molar-refractivity contribution is 5.95. The highest BCUT2D eigenvalue weighted by Crippen LogP contribution is 2.38. The summed E-state index contributed by atoms with van der Waals surface area (Å²) < 4.78 is 5.48. The molecule has 1 aromatic carbocycles. The van der Waals surface area contributed by atoms with Crippen molar-refractivity contribution in [3.05, 3.63) is 69.3 Å². The van der Waals surface area contributed by atoms with Gasteiger partial charge in [-0.3, -0.25) is 4.79 Å². The molecule has 4 rings (SSSR count). The smallest absolute Gasteiger partial charge is 0.349 e. The number of likely N-dealkylation sites (tertiary alicyclic amines) is 1. The van der Waals surface area contributed by atoms with E-state index in [0.717, 1.165) is 37.8 Å².